The second-order valence-electron chi connectivity index (χ2n) is 7.22. The minimum absolute atomic E-state index is 0.166. The van der Waals surface area contributed by atoms with Crippen LogP contribution in [0.1, 0.15) is 29.8 Å². The average molecular weight is 464 g/mol. The van der Waals surface area contributed by atoms with Gasteiger partial charge in [0.2, 0.25) is 0 Å². The third kappa shape index (κ3) is 4.41. The Morgan fingerprint density at radius 1 is 1.16 bits per heavy atom. The average Bonchev–Trinajstić information content (AvgIpc) is 3.20. The molecule has 0 amide bonds. The summed E-state index contributed by atoms with van der Waals surface area (Å²) in [7, 11) is 1.42. The first-order valence-electron chi connectivity index (χ1n) is 9.75. The Morgan fingerprint density at radius 3 is 2.62 bits per heavy atom. The molecule has 9 heteroatoms. The number of nitrogens with zero attached hydrogens (tertiary/aromatic N) is 3. The van der Waals surface area contributed by atoms with Crippen LogP contribution in [-0.2, 0) is 12.7 Å². The van der Waals surface area contributed by atoms with E-state index < -0.39 is 17.7 Å². The van der Waals surface area contributed by atoms with Crippen molar-refractivity contribution in [1.82, 2.24) is 9.78 Å². The van der Waals surface area contributed by atoms with Gasteiger partial charge in [0, 0.05) is 23.0 Å². The van der Waals surface area contributed by atoms with Crippen molar-refractivity contribution in [3.63, 3.8) is 0 Å². The lowest BCUT2D eigenvalue weighted by Gasteiger charge is -2.16. The molecule has 0 aliphatic carbocycles. The maximum atomic E-state index is 15.6. The summed E-state index contributed by atoms with van der Waals surface area (Å²) in [4.78, 5) is 4.04. The van der Waals surface area contributed by atoms with Crippen molar-refractivity contribution >= 4 is 23.4 Å². The highest BCUT2D eigenvalue weighted by Gasteiger charge is 2.35. The van der Waals surface area contributed by atoms with E-state index in [2.05, 4.69) is 10.1 Å². The number of hydrogen-bond donors (Lipinski definition) is 0. The van der Waals surface area contributed by atoms with Gasteiger partial charge in [-0.1, -0.05) is 29.8 Å². The van der Waals surface area contributed by atoms with Crippen LogP contribution >= 0.6 is 11.6 Å². The van der Waals surface area contributed by atoms with Crippen molar-refractivity contribution in [1.29, 1.82) is 0 Å². The molecule has 0 fully saturated rings. The Labute approximate surface area is 186 Å². The lowest BCUT2D eigenvalue weighted by Crippen LogP contribution is -2.11. The lowest BCUT2D eigenvalue weighted by molar-refractivity contribution is -0.141. The number of allylic oxidation sites excluding steroid dienone is 1. The molecule has 1 aromatic heterocycles. The molecule has 1 aliphatic rings. The van der Waals surface area contributed by atoms with Crippen LogP contribution in [0.4, 0.5) is 17.6 Å². The Morgan fingerprint density at radius 2 is 1.97 bits per heavy atom. The molecule has 0 saturated carbocycles. The van der Waals surface area contributed by atoms with E-state index >= 15 is 4.39 Å². The molecule has 1 aliphatic heterocycles. The smallest absolute Gasteiger partial charge is 0.435 e. The zero-order valence-electron chi connectivity index (χ0n) is 17.0. The van der Waals surface area contributed by atoms with Gasteiger partial charge in [0.05, 0.1) is 24.9 Å². The maximum absolute atomic E-state index is 15.6. The first-order valence-corrected chi connectivity index (χ1v) is 10.1. The van der Waals surface area contributed by atoms with Crippen LogP contribution < -0.4 is 4.74 Å². The topological polar surface area (TPSA) is 39.4 Å². The summed E-state index contributed by atoms with van der Waals surface area (Å²) in [6.07, 6.45) is -0.295. The summed E-state index contributed by atoms with van der Waals surface area (Å²) in [6, 6.07) is 10.7. The van der Waals surface area contributed by atoms with Crippen LogP contribution in [0.25, 0.3) is 16.7 Å². The van der Waals surface area contributed by atoms with Gasteiger partial charge in [0.1, 0.15) is 11.6 Å². The fourth-order valence-electron chi connectivity index (χ4n) is 3.60. The molecule has 0 radical (unpaired) electrons. The molecule has 0 atom stereocenters. The zero-order chi connectivity index (χ0) is 22.9. The van der Waals surface area contributed by atoms with Crippen molar-refractivity contribution in [2.24, 2.45) is 4.99 Å². The van der Waals surface area contributed by atoms with Crippen LogP contribution in [0.2, 0.25) is 5.02 Å². The molecular formula is C23H18ClF4N3O. The van der Waals surface area contributed by atoms with E-state index in [1.165, 1.54) is 24.1 Å². The maximum Gasteiger partial charge on any atom is 0.435 e. The molecule has 0 saturated heterocycles. The monoisotopic (exact) mass is 463 g/mol. The highest BCUT2D eigenvalue weighted by Crippen LogP contribution is 2.37. The van der Waals surface area contributed by atoms with Gasteiger partial charge in [-0.3, -0.25) is 9.67 Å². The van der Waals surface area contributed by atoms with Gasteiger partial charge in [-0.05, 0) is 48.2 Å². The lowest BCUT2D eigenvalue weighted by atomic mass is 10.0. The standard InChI is InChI=1S/C23H18ClF4N3O/c1-32-19-8-7-16(22(25)21(19)14-4-2-6-17(24)10-14)13-31-18(15-5-3-9-29-12-15)11-20(30-31)23(26,27)28/h2,4,6-12H,3,5,13H2,1H3. The SMILES string of the molecule is COc1ccc(Cn2nc(C(F)(F)F)cc2C2=CN=CCC2)c(F)c1-c1cccc(Cl)c1. The molecule has 0 N–H and O–H groups in total. The van der Waals surface area contributed by atoms with Gasteiger partial charge >= 0.3 is 6.18 Å². The Balaban J connectivity index is 1.81. The summed E-state index contributed by atoms with van der Waals surface area (Å²) < 4.78 is 62.2. The molecule has 4 nitrogen and oxygen atoms in total. The summed E-state index contributed by atoms with van der Waals surface area (Å²) in [5, 5.41) is 4.15. The molecule has 2 aromatic carbocycles. The predicted molar refractivity (Wildman–Crippen MR) is 115 cm³/mol. The molecule has 2 heterocycles. The highest BCUT2D eigenvalue weighted by molar-refractivity contribution is 6.30. The van der Waals surface area contributed by atoms with Crippen molar-refractivity contribution in [2.45, 2.75) is 25.6 Å². The number of ether oxygens (including phenoxy) is 1. The van der Waals surface area contributed by atoms with Crippen LogP contribution in [0.3, 0.4) is 0 Å². The number of aromatic nitrogens is 2. The van der Waals surface area contributed by atoms with Gasteiger partial charge in [0.25, 0.3) is 0 Å². The molecule has 166 valence electrons. The zero-order valence-corrected chi connectivity index (χ0v) is 17.7. The predicted octanol–water partition coefficient (Wildman–Crippen LogP) is 6.62. The molecule has 3 aromatic rings. The number of halogens is 5. The fraction of sp³-hybridized carbons (Fsp3) is 0.217. The van der Waals surface area contributed by atoms with E-state index in [0.29, 0.717) is 29.0 Å². The second kappa shape index (κ2) is 8.78. The van der Waals surface area contributed by atoms with E-state index in [9.17, 15) is 13.2 Å². The summed E-state index contributed by atoms with van der Waals surface area (Å²) in [6.45, 7) is -0.199. The molecule has 4 rings (SSSR count). The van der Waals surface area contributed by atoms with Crippen molar-refractivity contribution in [2.75, 3.05) is 7.11 Å². The van der Waals surface area contributed by atoms with Crippen LogP contribution in [0.5, 0.6) is 5.75 Å². The first-order chi connectivity index (χ1) is 15.3. The van der Waals surface area contributed by atoms with Gasteiger partial charge < -0.3 is 4.74 Å². The summed E-state index contributed by atoms with van der Waals surface area (Å²) in [5.41, 5.74) is 0.673. The molecule has 0 spiro atoms. The van der Waals surface area contributed by atoms with E-state index in [0.717, 1.165) is 6.07 Å². The van der Waals surface area contributed by atoms with E-state index in [-0.39, 0.29) is 29.1 Å². The first kappa shape index (κ1) is 22.1. The minimum atomic E-state index is -4.62. The van der Waals surface area contributed by atoms with E-state index in [4.69, 9.17) is 16.3 Å². The number of benzene rings is 2. The van der Waals surface area contributed by atoms with Gasteiger partial charge in [-0.15, -0.1) is 0 Å². The third-order valence-corrected chi connectivity index (χ3v) is 5.35. The van der Waals surface area contributed by atoms with Crippen molar-refractivity contribution in [3.05, 3.63) is 76.5 Å². The van der Waals surface area contributed by atoms with Crippen LogP contribution in [0.15, 0.2) is 53.7 Å². The Kier molecular flexibility index (Phi) is 6.06. The minimum Gasteiger partial charge on any atom is -0.496 e. The summed E-state index contributed by atoms with van der Waals surface area (Å²) >= 11 is 6.06. The Bertz CT molecular complexity index is 1210. The Hall–Kier alpha value is -3.13. The second-order valence-corrected chi connectivity index (χ2v) is 7.66. The van der Waals surface area contributed by atoms with Crippen LogP contribution in [-0.4, -0.2) is 23.1 Å². The van der Waals surface area contributed by atoms with Crippen LogP contribution in [0, 0.1) is 5.82 Å². The van der Waals surface area contributed by atoms with Crippen molar-refractivity contribution in [3.8, 4) is 16.9 Å². The van der Waals surface area contributed by atoms with Gasteiger partial charge in [-0.2, -0.15) is 18.3 Å². The number of alkyl halides is 3. The molecule has 32 heavy (non-hydrogen) atoms. The quantitative estimate of drug-likeness (QED) is 0.399. The molecule has 0 bridgehead atoms. The largest absolute Gasteiger partial charge is 0.496 e. The summed E-state index contributed by atoms with van der Waals surface area (Å²) in [5.74, 6) is -0.327. The number of methoxy groups -OCH3 is 1. The van der Waals surface area contributed by atoms with Gasteiger partial charge in [0.15, 0.2) is 5.69 Å². The molecule has 0 unspecified atom stereocenters. The normalized spacial score (nSPS) is 13.9. The third-order valence-electron chi connectivity index (χ3n) is 5.11. The van der Waals surface area contributed by atoms with Gasteiger partial charge in [-0.25, -0.2) is 4.39 Å². The number of rotatable bonds is 5. The number of aliphatic imine (C=N–C) groups is 1. The van der Waals surface area contributed by atoms with Crippen molar-refractivity contribution < 1.29 is 22.3 Å². The highest BCUT2D eigenvalue weighted by atomic mass is 35.5. The van der Waals surface area contributed by atoms with E-state index in [1.54, 1.807) is 36.5 Å². The fourth-order valence-corrected chi connectivity index (χ4v) is 3.79. The molecular weight excluding hydrogens is 446 g/mol. The van der Waals surface area contributed by atoms with E-state index in [1.807, 2.05) is 0 Å². The number of hydrogen-bond acceptors (Lipinski definition) is 3.